The van der Waals surface area contributed by atoms with Gasteiger partial charge in [0.2, 0.25) is 0 Å². The van der Waals surface area contributed by atoms with Gasteiger partial charge in [0.25, 0.3) is 0 Å². The van der Waals surface area contributed by atoms with Crippen molar-refractivity contribution in [1.82, 2.24) is 4.90 Å². The zero-order chi connectivity index (χ0) is 14.3. The molecule has 1 aliphatic carbocycles. The second kappa shape index (κ2) is 7.97. The molecule has 1 heterocycles. The summed E-state index contributed by atoms with van der Waals surface area (Å²) in [6, 6.07) is 2.83. The van der Waals surface area contributed by atoms with Crippen molar-refractivity contribution >= 4 is 0 Å². The van der Waals surface area contributed by atoms with Crippen LogP contribution in [0.25, 0.3) is 0 Å². The predicted molar refractivity (Wildman–Crippen MR) is 78.5 cm³/mol. The minimum Gasteiger partial charge on any atom is -0.383 e. The van der Waals surface area contributed by atoms with E-state index in [4.69, 9.17) is 14.7 Å². The summed E-state index contributed by atoms with van der Waals surface area (Å²) in [6.45, 7) is 3.41. The molecule has 0 radical (unpaired) electrons. The maximum absolute atomic E-state index is 8.85. The van der Waals surface area contributed by atoms with Gasteiger partial charge >= 0.3 is 0 Å². The van der Waals surface area contributed by atoms with Crippen molar-refractivity contribution in [3.8, 4) is 6.07 Å². The second-order valence-corrected chi connectivity index (χ2v) is 6.18. The van der Waals surface area contributed by atoms with Crippen molar-refractivity contribution in [3.05, 3.63) is 0 Å². The highest BCUT2D eigenvalue weighted by molar-refractivity contribution is 4.93. The fourth-order valence-electron chi connectivity index (χ4n) is 3.74. The number of rotatable bonds is 6. The number of hydrogen-bond donors (Lipinski definition) is 0. The van der Waals surface area contributed by atoms with E-state index in [9.17, 15) is 0 Å². The highest BCUT2D eigenvalue weighted by Crippen LogP contribution is 2.39. The molecule has 0 bridgehead atoms. The van der Waals surface area contributed by atoms with Crippen molar-refractivity contribution in [2.75, 3.05) is 33.4 Å². The Balaban J connectivity index is 1.94. The molecule has 4 heteroatoms. The maximum Gasteiger partial charge on any atom is 0.0697 e. The molecule has 1 spiro atoms. The smallest absolute Gasteiger partial charge is 0.0697 e. The van der Waals surface area contributed by atoms with Crippen LogP contribution in [0.5, 0.6) is 0 Å². The molecule has 4 nitrogen and oxygen atoms in total. The van der Waals surface area contributed by atoms with E-state index in [1.165, 1.54) is 32.1 Å². The van der Waals surface area contributed by atoms with Gasteiger partial charge in [0.05, 0.1) is 18.3 Å². The SMILES string of the molecule is COCCN(CCC#N)C1CCOC2(CCCCC2)C1. The number of methoxy groups -OCH3 is 1. The van der Waals surface area contributed by atoms with Gasteiger partial charge in [-0.3, -0.25) is 4.90 Å². The summed E-state index contributed by atoms with van der Waals surface area (Å²) in [6.07, 6.45) is 9.26. The summed E-state index contributed by atoms with van der Waals surface area (Å²) < 4.78 is 11.4. The molecule has 2 aliphatic rings. The molecular formula is C16H28N2O2. The van der Waals surface area contributed by atoms with Gasteiger partial charge in [0.1, 0.15) is 0 Å². The van der Waals surface area contributed by atoms with Crippen LogP contribution in [-0.2, 0) is 9.47 Å². The average molecular weight is 280 g/mol. The lowest BCUT2D eigenvalue weighted by atomic mass is 9.78. The fourth-order valence-corrected chi connectivity index (χ4v) is 3.74. The summed E-state index contributed by atoms with van der Waals surface area (Å²) in [5, 5.41) is 8.85. The number of nitriles is 1. The van der Waals surface area contributed by atoms with Crippen molar-refractivity contribution in [2.45, 2.75) is 63.0 Å². The molecule has 1 saturated heterocycles. The van der Waals surface area contributed by atoms with Gasteiger partial charge in [0, 0.05) is 39.3 Å². The molecule has 1 saturated carbocycles. The highest BCUT2D eigenvalue weighted by Gasteiger charge is 2.39. The van der Waals surface area contributed by atoms with Gasteiger partial charge in [-0.05, 0) is 25.7 Å². The Kier molecular flexibility index (Phi) is 6.28. The summed E-state index contributed by atoms with van der Waals surface area (Å²) in [7, 11) is 1.75. The first-order chi connectivity index (χ1) is 9.79. The Bertz CT molecular complexity index is 315. The molecule has 2 fully saturated rings. The largest absolute Gasteiger partial charge is 0.383 e. The molecule has 0 aromatic heterocycles. The van der Waals surface area contributed by atoms with Gasteiger partial charge in [-0.2, -0.15) is 5.26 Å². The van der Waals surface area contributed by atoms with Crippen molar-refractivity contribution < 1.29 is 9.47 Å². The number of hydrogen-bond acceptors (Lipinski definition) is 4. The quantitative estimate of drug-likeness (QED) is 0.750. The van der Waals surface area contributed by atoms with Gasteiger partial charge in [-0.25, -0.2) is 0 Å². The van der Waals surface area contributed by atoms with Crippen LogP contribution >= 0.6 is 0 Å². The van der Waals surface area contributed by atoms with E-state index >= 15 is 0 Å². The number of ether oxygens (including phenoxy) is 2. The van der Waals surface area contributed by atoms with Crippen LogP contribution in [-0.4, -0.2) is 50.0 Å². The minimum absolute atomic E-state index is 0.138. The lowest BCUT2D eigenvalue weighted by Gasteiger charge is -2.46. The Morgan fingerprint density at radius 3 is 2.80 bits per heavy atom. The number of nitrogens with zero attached hydrogens (tertiary/aromatic N) is 2. The molecule has 0 amide bonds. The minimum atomic E-state index is 0.138. The predicted octanol–water partition coefficient (Wildman–Crippen LogP) is 2.73. The maximum atomic E-state index is 8.85. The van der Waals surface area contributed by atoms with Crippen molar-refractivity contribution in [3.63, 3.8) is 0 Å². The van der Waals surface area contributed by atoms with Crippen LogP contribution in [0.1, 0.15) is 51.4 Å². The molecule has 0 aromatic carbocycles. The summed E-state index contributed by atoms with van der Waals surface area (Å²) in [4.78, 5) is 2.45. The van der Waals surface area contributed by atoms with E-state index < -0.39 is 0 Å². The van der Waals surface area contributed by atoms with Gasteiger partial charge < -0.3 is 9.47 Å². The lowest BCUT2D eigenvalue weighted by molar-refractivity contribution is -0.125. The first-order valence-electron chi connectivity index (χ1n) is 8.03. The van der Waals surface area contributed by atoms with E-state index in [1.807, 2.05) is 0 Å². The van der Waals surface area contributed by atoms with E-state index in [0.717, 1.165) is 39.1 Å². The second-order valence-electron chi connectivity index (χ2n) is 6.18. The van der Waals surface area contributed by atoms with E-state index in [2.05, 4.69) is 11.0 Å². The first kappa shape index (κ1) is 15.8. The van der Waals surface area contributed by atoms with Crippen LogP contribution in [0.3, 0.4) is 0 Å². The van der Waals surface area contributed by atoms with Crippen molar-refractivity contribution in [1.29, 1.82) is 5.26 Å². The fraction of sp³-hybridized carbons (Fsp3) is 0.938. The zero-order valence-corrected chi connectivity index (χ0v) is 12.8. The third kappa shape index (κ3) is 4.18. The zero-order valence-electron chi connectivity index (χ0n) is 12.8. The Morgan fingerprint density at radius 1 is 1.30 bits per heavy atom. The van der Waals surface area contributed by atoms with Crippen LogP contribution in [0.15, 0.2) is 0 Å². The van der Waals surface area contributed by atoms with Gasteiger partial charge in [-0.1, -0.05) is 19.3 Å². The standard InChI is InChI=1S/C16H28N2O2/c1-19-13-11-18(10-5-9-17)15-6-12-20-16(14-15)7-3-2-4-8-16/h15H,2-8,10-14H2,1H3. The monoisotopic (exact) mass is 280 g/mol. The molecule has 2 rings (SSSR count). The van der Waals surface area contributed by atoms with E-state index in [-0.39, 0.29) is 5.60 Å². The van der Waals surface area contributed by atoms with E-state index in [1.54, 1.807) is 7.11 Å². The highest BCUT2D eigenvalue weighted by atomic mass is 16.5. The first-order valence-corrected chi connectivity index (χ1v) is 8.03. The molecule has 1 aliphatic heterocycles. The van der Waals surface area contributed by atoms with Crippen LogP contribution in [0.2, 0.25) is 0 Å². The van der Waals surface area contributed by atoms with Crippen LogP contribution in [0.4, 0.5) is 0 Å². The van der Waals surface area contributed by atoms with Crippen LogP contribution < -0.4 is 0 Å². The lowest BCUT2D eigenvalue weighted by Crippen LogP contribution is -2.50. The molecule has 1 atom stereocenters. The Hall–Kier alpha value is -0.630. The molecule has 1 unspecified atom stereocenters. The summed E-state index contributed by atoms with van der Waals surface area (Å²) >= 11 is 0. The summed E-state index contributed by atoms with van der Waals surface area (Å²) in [5.74, 6) is 0. The van der Waals surface area contributed by atoms with Gasteiger partial charge in [0.15, 0.2) is 0 Å². The molecule has 0 aromatic rings. The molecular weight excluding hydrogens is 252 g/mol. The molecule has 0 N–H and O–H groups in total. The summed E-state index contributed by atoms with van der Waals surface area (Å²) in [5.41, 5.74) is 0.138. The third-order valence-electron chi connectivity index (χ3n) is 4.84. The Labute approximate surface area is 123 Å². The van der Waals surface area contributed by atoms with Crippen molar-refractivity contribution in [2.24, 2.45) is 0 Å². The topological polar surface area (TPSA) is 45.5 Å². The van der Waals surface area contributed by atoms with E-state index in [0.29, 0.717) is 12.5 Å². The van der Waals surface area contributed by atoms with Crippen LogP contribution in [0, 0.1) is 11.3 Å². The Morgan fingerprint density at radius 2 is 2.10 bits per heavy atom. The molecule has 20 heavy (non-hydrogen) atoms. The normalized spacial score (nSPS) is 25.8. The third-order valence-corrected chi connectivity index (χ3v) is 4.84. The molecule has 114 valence electrons. The average Bonchev–Trinajstić information content (AvgIpc) is 2.48. The van der Waals surface area contributed by atoms with Gasteiger partial charge in [-0.15, -0.1) is 0 Å².